The van der Waals surface area contributed by atoms with E-state index in [9.17, 15) is 14.4 Å². The van der Waals surface area contributed by atoms with Crippen LogP contribution >= 0.6 is 11.8 Å². The molecule has 3 amide bonds. The zero-order chi connectivity index (χ0) is 18.4. The van der Waals surface area contributed by atoms with Crippen LogP contribution in [-0.4, -0.2) is 71.4 Å². The van der Waals surface area contributed by atoms with E-state index in [4.69, 9.17) is 0 Å². The summed E-state index contributed by atoms with van der Waals surface area (Å²) in [5.74, 6) is 0.478. The van der Waals surface area contributed by atoms with Crippen LogP contribution in [0.4, 0.5) is 4.79 Å². The van der Waals surface area contributed by atoms with Gasteiger partial charge in [0, 0.05) is 38.5 Å². The first-order chi connectivity index (χ1) is 12.6. The van der Waals surface area contributed by atoms with Crippen molar-refractivity contribution >= 4 is 28.8 Å². The van der Waals surface area contributed by atoms with Gasteiger partial charge in [-0.3, -0.25) is 19.3 Å². The van der Waals surface area contributed by atoms with Gasteiger partial charge in [-0.15, -0.1) is 0 Å². The first-order valence-electron chi connectivity index (χ1n) is 8.87. The van der Waals surface area contributed by atoms with Crippen LogP contribution in [0.3, 0.4) is 0 Å². The molecule has 0 bridgehead atoms. The summed E-state index contributed by atoms with van der Waals surface area (Å²) in [7, 11) is 0. The molecule has 0 aliphatic carbocycles. The number of hydrogen-bond acceptors (Lipinski definition) is 5. The van der Waals surface area contributed by atoms with E-state index < -0.39 is 6.04 Å². The van der Waals surface area contributed by atoms with Gasteiger partial charge in [-0.05, 0) is 12.0 Å². The molecule has 1 unspecified atom stereocenters. The first-order valence-corrected chi connectivity index (χ1v) is 9.85. The van der Waals surface area contributed by atoms with E-state index in [2.05, 4.69) is 15.5 Å². The molecule has 1 atom stereocenters. The molecule has 0 radical (unpaired) electrons. The Morgan fingerprint density at radius 2 is 1.96 bits per heavy atom. The average molecular weight is 376 g/mol. The Morgan fingerprint density at radius 3 is 2.69 bits per heavy atom. The third kappa shape index (κ3) is 5.22. The number of carbonyl (C=O) groups is 3. The summed E-state index contributed by atoms with van der Waals surface area (Å²) < 4.78 is 0. The zero-order valence-electron chi connectivity index (χ0n) is 14.6. The van der Waals surface area contributed by atoms with Crippen molar-refractivity contribution in [3.63, 3.8) is 0 Å². The summed E-state index contributed by atoms with van der Waals surface area (Å²) in [5.41, 5.74) is 1.07. The molecule has 1 aromatic carbocycles. The van der Waals surface area contributed by atoms with Crippen molar-refractivity contribution in [1.29, 1.82) is 0 Å². The van der Waals surface area contributed by atoms with E-state index in [0.717, 1.165) is 30.3 Å². The van der Waals surface area contributed by atoms with E-state index >= 15 is 0 Å². The minimum atomic E-state index is -0.409. The van der Waals surface area contributed by atoms with Crippen LogP contribution in [0.1, 0.15) is 12.0 Å². The van der Waals surface area contributed by atoms with Crippen molar-refractivity contribution in [2.45, 2.75) is 19.0 Å². The molecule has 0 spiro atoms. The average Bonchev–Trinajstić information content (AvgIpc) is 2.95. The molecule has 2 heterocycles. The highest BCUT2D eigenvalue weighted by molar-refractivity contribution is 8.14. The molecular weight excluding hydrogens is 352 g/mol. The number of nitrogens with zero attached hydrogens (tertiary/aromatic N) is 2. The second-order valence-corrected chi connectivity index (χ2v) is 7.51. The van der Waals surface area contributed by atoms with Gasteiger partial charge in [-0.2, -0.15) is 0 Å². The Bertz CT molecular complexity index is 655. The highest BCUT2D eigenvalue weighted by Gasteiger charge is 2.32. The normalized spacial score (nSPS) is 21.2. The Kier molecular flexibility index (Phi) is 6.51. The topological polar surface area (TPSA) is 81.8 Å². The molecule has 2 aliphatic rings. The zero-order valence-corrected chi connectivity index (χ0v) is 15.5. The first kappa shape index (κ1) is 18.7. The number of thioether (sulfide) groups is 1. The van der Waals surface area contributed by atoms with Crippen LogP contribution in [-0.2, 0) is 16.1 Å². The molecule has 140 valence electrons. The Balaban J connectivity index is 1.42. The lowest BCUT2D eigenvalue weighted by Gasteiger charge is -2.24. The smallest absolute Gasteiger partial charge is 0.279 e. The molecule has 26 heavy (non-hydrogen) atoms. The van der Waals surface area contributed by atoms with Crippen molar-refractivity contribution in [3.05, 3.63) is 35.9 Å². The third-order valence-corrected chi connectivity index (χ3v) is 5.45. The molecule has 7 nitrogen and oxygen atoms in total. The fraction of sp³-hybridized carbons (Fsp3) is 0.500. The lowest BCUT2D eigenvalue weighted by molar-refractivity contribution is -0.132. The van der Waals surface area contributed by atoms with Crippen molar-refractivity contribution in [2.75, 3.05) is 38.5 Å². The molecule has 0 saturated carbocycles. The van der Waals surface area contributed by atoms with Gasteiger partial charge in [0.15, 0.2) is 0 Å². The second kappa shape index (κ2) is 9.05. The molecule has 8 heteroatoms. The van der Waals surface area contributed by atoms with Gasteiger partial charge in [-0.25, -0.2) is 0 Å². The highest BCUT2D eigenvalue weighted by atomic mass is 32.2. The number of benzene rings is 1. The molecule has 1 aromatic rings. The van der Waals surface area contributed by atoms with Gasteiger partial charge in [0.05, 0.1) is 6.54 Å². The number of amides is 3. The fourth-order valence-corrected chi connectivity index (χ4v) is 3.91. The van der Waals surface area contributed by atoms with Crippen LogP contribution in [0.15, 0.2) is 30.3 Å². The van der Waals surface area contributed by atoms with Gasteiger partial charge < -0.3 is 15.5 Å². The summed E-state index contributed by atoms with van der Waals surface area (Å²) in [6.07, 6.45) is 0.825. The lowest BCUT2D eigenvalue weighted by atomic mass is 10.2. The van der Waals surface area contributed by atoms with Crippen LogP contribution in [0.25, 0.3) is 0 Å². The predicted molar refractivity (Wildman–Crippen MR) is 101 cm³/mol. The van der Waals surface area contributed by atoms with Crippen molar-refractivity contribution in [2.24, 2.45) is 0 Å². The minimum Gasteiger partial charge on any atom is -0.351 e. The maximum absolute atomic E-state index is 12.5. The number of rotatable bonds is 5. The molecule has 3 rings (SSSR count). The molecular formula is C18H24N4O3S. The molecule has 2 N–H and O–H groups in total. The monoisotopic (exact) mass is 376 g/mol. The Morgan fingerprint density at radius 1 is 1.15 bits per heavy atom. The third-order valence-electron chi connectivity index (χ3n) is 4.57. The number of hydrogen-bond donors (Lipinski definition) is 2. The molecule has 0 aromatic heterocycles. The SMILES string of the molecule is O=C(CN1CCCN(C(=O)C2CSC(=O)N2)CC1)NCc1ccccc1. The van der Waals surface area contributed by atoms with Gasteiger partial charge in [0.2, 0.25) is 11.8 Å². The maximum atomic E-state index is 12.5. The standard InChI is InChI=1S/C18H24N4O3S/c23-16(19-11-14-5-2-1-3-6-14)12-21-7-4-8-22(10-9-21)17(24)15-13-26-18(25)20-15/h1-3,5-6,15H,4,7-13H2,(H,19,23)(H,20,25). The number of carbonyl (C=O) groups excluding carboxylic acids is 3. The van der Waals surface area contributed by atoms with Crippen LogP contribution in [0.5, 0.6) is 0 Å². The number of nitrogens with one attached hydrogen (secondary N) is 2. The summed E-state index contributed by atoms with van der Waals surface area (Å²) in [6, 6.07) is 9.41. The summed E-state index contributed by atoms with van der Waals surface area (Å²) in [6.45, 7) is 3.56. The fourth-order valence-electron chi connectivity index (χ4n) is 3.14. The lowest BCUT2D eigenvalue weighted by Crippen LogP contribution is -2.47. The van der Waals surface area contributed by atoms with E-state index in [1.54, 1.807) is 4.90 Å². The van der Waals surface area contributed by atoms with Crippen molar-refractivity contribution in [1.82, 2.24) is 20.4 Å². The summed E-state index contributed by atoms with van der Waals surface area (Å²) in [4.78, 5) is 39.8. The van der Waals surface area contributed by atoms with Crippen LogP contribution in [0, 0.1) is 0 Å². The van der Waals surface area contributed by atoms with E-state index in [1.165, 1.54) is 0 Å². The van der Waals surface area contributed by atoms with E-state index in [-0.39, 0.29) is 17.1 Å². The largest absolute Gasteiger partial charge is 0.351 e. The van der Waals surface area contributed by atoms with E-state index in [0.29, 0.717) is 38.5 Å². The van der Waals surface area contributed by atoms with Crippen LogP contribution < -0.4 is 10.6 Å². The van der Waals surface area contributed by atoms with Gasteiger partial charge in [0.25, 0.3) is 5.24 Å². The van der Waals surface area contributed by atoms with Gasteiger partial charge in [0.1, 0.15) is 6.04 Å². The predicted octanol–water partition coefficient (Wildman–Crippen LogP) is 0.662. The summed E-state index contributed by atoms with van der Waals surface area (Å²) >= 11 is 1.15. The summed E-state index contributed by atoms with van der Waals surface area (Å²) in [5, 5.41) is 5.51. The maximum Gasteiger partial charge on any atom is 0.279 e. The van der Waals surface area contributed by atoms with Gasteiger partial charge in [-0.1, -0.05) is 42.1 Å². The Labute approximate surface area is 157 Å². The van der Waals surface area contributed by atoms with Crippen molar-refractivity contribution in [3.8, 4) is 0 Å². The van der Waals surface area contributed by atoms with Crippen LogP contribution in [0.2, 0.25) is 0 Å². The highest BCUT2D eigenvalue weighted by Crippen LogP contribution is 2.16. The quantitative estimate of drug-likeness (QED) is 0.789. The molecule has 2 aliphatic heterocycles. The molecule has 2 saturated heterocycles. The minimum absolute atomic E-state index is 0.00640. The second-order valence-electron chi connectivity index (χ2n) is 6.51. The van der Waals surface area contributed by atoms with Crippen molar-refractivity contribution < 1.29 is 14.4 Å². The molecule has 2 fully saturated rings. The van der Waals surface area contributed by atoms with Gasteiger partial charge >= 0.3 is 0 Å². The van der Waals surface area contributed by atoms with E-state index in [1.807, 2.05) is 30.3 Å². The Hall–Kier alpha value is -2.06.